The Morgan fingerprint density at radius 1 is 1.31 bits per heavy atom. The van der Waals surface area contributed by atoms with Crippen molar-refractivity contribution in [3.8, 4) is 5.75 Å². The van der Waals surface area contributed by atoms with Gasteiger partial charge in [0.05, 0.1) is 22.5 Å². The number of rotatable bonds is 3. The second kappa shape index (κ2) is 6.50. The molecule has 4 rings (SSSR count). The van der Waals surface area contributed by atoms with Gasteiger partial charge in [-0.2, -0.15) is 0 Å². The van der Waals surface area contributed by atoms with Crippen molar-refractivity contribution in [3.63, 3.8) is 0 Å². The maximum absolute atomic E-state index is 12.9. The van der Waals surface area contributed by atoms with Gasteiger partial charge >= 0.3 is 0 Å². The number of ether oxygens (including phenoxy) is 1. The van der Waals surface area contributed by atoms with E-state index in [1.54, 1.807) is 24.4 Å². The van der Waals surface area contributed by atoms with Crippen molar-refractivity contribution in [1.29, 1.82) is 0 Å². The van der Waals surface area contributed by atoms with E-state index in [9.17, 15) is 9.59 Å². The van der Waals surface area contributed by atoms with E-state index in [-0.39, 0.29) is 5.56 Å². The fraction of sp³-hybridized carbons (Fsp3) is 0.200. The Labute approximate surface area is 155 Å². The monoisotopic (exact) mass is 368 g/mol. The van der Waals surface area contributed by atoms with Crippen molar-refractivity contribution in [3.05, 3.63) is 69.0 Å². The summed E-state index contributed by atoms with van der Waals surface area (Å²) in [4.78, 5) is 25.7. The highest BCUT2D eigenvalue weighted by Gasteiger charge is 2.22. The van der Waals surface area contributed by atoms with Crippen molar-refractivity contribution in [2.75, 3.05) is 11.9 Å². The molecule has 3 aromatic rings. The molecule has 0 aliphatic carbocycles. The molecular formula is C20H17ClN2O3. The van der Waals surface area contributed by atoms with Crippen LogP contribution in [0, 0.1) is 0 Å². The van der Waals surface area contributed by atoms with E-state index in [0.29, 0.717) is 40.5 Å². The zero-order valence-electron chi connectivity index (χ0n) is 14.2. The van der Waals surface area contributed by atoms with Gasteiger partial charge < -0.3 is 14.6 Å². The lowest BCUT2D eigenvalue weighted by Gasteiger charge is -2.22. The second-order valence-electron chi connectivity index (χ2n) is 6.19. The largest absolute Gasteiger partial charge is 0.490 e. The number of carbonyl (C=O) groups excluding carboxylic acids is 1. The van der Waals surface area contributed by atoms with Crippen LogP contribution in [0.5, 0.6) is 5.75 Å². The highest BCUT2D eigenvalue weighted by Crippen LogP contribution is 2.32. The minimum atomic E-state index is -0.443. The van der Waals surface area contributed by atoms with Crippen molar-refractivity contribution in [2.24, 2.45) is 0 Å². The number of anilines is 1. The normalized spacial score (nSPS) is 12.7. The summed E-state index contributed by atoms with van der Waals surface area (Å²) in [5.41, 5.74) is 2.09. The van der Waals surface area contributed by atoms with Crippen LogP contribution in [0.4, 0.5) is 5.69 Å². The minimum Gasteiger partial charge on any atom is -0.490 e. The fourth-order valence-corrected chi connectivity index (χ4v) is 3.48. The number of carbonyl (C=O) groups is 1. The number of pyridine rings is 1. The Morgan fingerprint density at radius 3 is 2.96 bits per heavy atom. The lowest BCUT2D eigenvalue weighted by molar-refractivity contribution is 0.102. The minimum absolute atomic E-state index is 0.0698. The molecule has 1 amide bonds. The molecule has 0 atom stereocenters. The summed E-state index contributed by atoms with van der Waals surface area (Å²) in [5.74, 6) is 0.164. The van der Waals surface area contributed by atoms with Crippen LogP contribution in [-0.2, 0) is 13.0 Å². The van der Waals surface area contributed by atoms with Gasteiger partial charge in [0.2, 0.25) is 5.43 Å². The van der Waals surface area contributed by atoms with Crippen molar-refractivity contribution in [2.45, 2.75) is 19.9 Å². The van der Waals surface area contributed by atoms with Gasteiger partial charge in [-0.15, -0.1) is 0 Å². The van der Waals surface area contributed by atoms with E-state index in [0.717, 1.165) is 12.0 Å². The van der Waals surface area contributed by atoms with Gasteiger partial charge in [-0.25, -0.2) is 0 Å². The number of benzene rings is 2. The number of aryl methyl sites for hydroxylation is 1. The van der Waals surface area contributed by atoms with E-state index in [1.807, 2.05) is 29.7 Å². The molecule has 1 aliphatic rings. The molecule has 132 valence electrons. The highest BCUT2D eigenvalue weighted by molar-refractivity contribution is 6.35. The smallest absolute Gasteiger partial charge is 0.261 e. The zero-order valence-corrected chi connectivity index (χ0v) is 15.0. The van der Waals surface area contributed by atoms with Crippen molar-refractivity contribution in [1.82, 2.24) is 4.57 Å². The van der Waals surface area contributed by atoms with Gasteiger partial charge in [-0.05, 0) is 36.2 Å². The first-order valence-corrected chi connectivity index (χ1v) is 8.85. The predicted octanol–water partition coefficient (Wildman–Crippen LogP) is 3.86. The molecule has 0 unspecified atom stereocenters. The summed E-state index contributed by atoms with van der Waals surface area (Å²) in [5, 5.41) is 3.45. The first kappa shape index (κ1) is 16.7. The quantitative estimate of drug-likeness (QED) is 0.763. The summed E-state index contributed by atoms with van der Waals surface area (Å²) in [6.07, 6.45) is 2.46. The average Bonchev–Trinajstić information content (AvgIpc) is 2.65. The summed E-state index contributed by atoms with van der Waals surface area (Å²) in [6, 6.07) is 11.0. The van der Waals surface area contributed by atoms with Crippen LogP contribution in [0.15, 0.2) is 47.4 Å². The number of amides is 1. The molecule has 0 saturated carbocycles. The van der Waals surface area contributed by atoms with Crippen LogP contribution in [0.1, 0.15) is 22.8 Å². The number of hydrogen-bond acceptors (Lipinski definition) is 3. The van der Waals surface area contributed by atoms with Crippen molar-refractivity contribution >= 4 is 34.1 Å². The van der Waals surface area contributed by atoms with Gasteiger partial charge in [0.15, 0.2) is 0 Å². The second-order valence-corrected chi connectivity index (χ2v) is 6.60. The standard InChI is InChI=1S/C20H17ClN2O3/c1-2-12-4-3-5-13(10-12)22-20(25)14-11-23-8-9-26-16-7-6-15(21)17(18(16)23)19(14)24/h3-7,10-11H,2,8-9H2,1H3,(H,22,25). The van der Waals surface area contributed by atoms with Gasteiger partial charge in [0.1, 0.15) is 17.9 Å². The van der Waals surface area contributed by atoms with E-state index < -0.39 is 11.3 Å². The fourth-order valence-electron chi connectivity index (χ4n) is 3.24. The van der Waals surface area contributed by atoms with Crippen LogP contribution in [0.25, 0.3) is 10.9 Å². The van der Waals surface area contributed by atoms with Crippen LogP contribution < -0.4 is 15.5 Å². The third kappa shape index (κ3) is 2.74. The number of aromatic nitrogens is 1. The Morgan fingerprint density at radius 2 is 2.15 bits per heavy atom. The van der Waals surface area contributed by atoms with Crippen LogP contribution in [0.3, 0.4) is 0 Å². The number of nitrogens with one attached hydrogen (secondary N) is 1. The summed E-state index contributed by atoms with van der Waals surface area (Å²) in [7, 11) is 0. The zero-order chi connectivity index (χ0) is 18.3. The third-order valence-corrected chi connectivity index (χ3v) is 4.88. The molecule has 0 spiro atoms. The highest BCUT2D eigenvalue weighted by atomic mass is 35.5. The molecule has 0 saturated heterocycles. The summed E-state index contributed by atoms with van der Waals surface area (Å²) >= 11 is 6.26. The van der Waals surface area contributed by atoms with E-state index in [1.165, 1.54) is 0 Å². The Balaban J connectivity index is 1.82. The molecule has 1 N–H and O–H groups in total. The molecule has 1 aliphatic heterocycles. The molecule has 0 fully saturated rings. The van der Waals surface area contributed by atoms with Crippen LogP contribution in [0.2, 0.25) is 5.02 Å². The molecule has 0 radical (unpaired) electrons. The average molecular weight is 369 g/mol. The Hall–Kier alpha value is -2.79. The predicted molar refractivity (Wildman–Crippen MR) is 102 cm³/mol. The first-order valence-electron chi connectivity index (χ1n) is 8.47. The molecule has 26 heavy (non-hydrogen) atoms. The Kier molecular flexibility index (Phi) is 4.17. The lowest BCUT2D eigenvalue weighted by Crippen LogP contribution is -2.26. The molecule has 2 aromatic carbocycles. The summed E-state index contributed by atoms with van der Waals surface area (Å²) in [6.45, 7) is 3.07. The molecule has 0 bridgehead atoms. The SMILES string of the molecule is CCc1cccc(NC(=O)c2cn3c4c(ccc(Cl)c4c2=O)OCC3)c1. The Bertz CT molecular complexity index is 1090. The maximum Gasteiger partial charge on any atom is 0.261 e. The lowest BCUT2D eigenvalue weighted by atomic mass is 10.1. The number of hydrogen-bond donors (Lipinski definition) is 1. The number of halogens is 1. The van der Waals surface area contributed by atoms with Gasteiger partial charge in [0, 0.05) is 11.9 Å². The topological polar surface area (TPSA) is 60.3 Å². The molecular weight excluding hydrogens is 352 g/mol. The van der Waals surface area contributed by atoms with E-state index in [2.05, 4.69) is 5.32 Å². The molecule has 1 aromatic heterocycles. The van der Waals surface area contributed by atoms with E-state index >= 15 is 0 Å². The maximum atomic E-state index is 12.9. The van der Waals surface area contributed by atoms with Gasteiger partial charge in [0.25, 0.3) is 5.91 Å². The van der Waals surface area contributed by atoms with E-state index in [4.69, 9.17) is 16.3 Å². The molecule has 5 nitrogen and oxygen atoms in total. The number of nitrogens with zero attached hydrogens (tertiary/aromatic N) is 1. The van der Waals surface area contributed by atoms with Gasteiger partial charge in [-0.3, -0.25) is 9.59 Å². The third-order valence-electron chi connectivity index (χ3n) is 4.56. The molecule has 6 heteroatoms. The van der Waals surface area contributed by atoms with Crippen molar-refractivity contribution < 1.29 is 9.53 Å². The van der Waals surface area contributed by atoms with Crippen LogP contribution in [-0.4, -0.2) is 17.1 Å². The van der Waals surface area contributed by atoms with Crippen LogP contribution >= 0.6 is 11.6 Å². The van der Waals surface area contributed by atoms with Gasteiger partial charge in [-0.1, -0.05) is 30.7 Å². The summed E-state index contributed by atoms with van der Waals surface area (Å²) < 4.78 is 7.47. The first-order chi connectivity index (χ1) is 12.6. The molecule has 2 heterocycles.